The Bertz CT molecular complexity index is 516. The van der Waals surface area contributed by atoms with Gasteiger partial charge in [0.15, 0.2) is 0 Å². The molecule has 3 fully saturated rings. The van der Waals surface area contributed by atoms with Crippen LogP contribution >= 0.6 is 0 Å². The zero-order valence-electron chi connectivity index (χ0n) is 12.6. The summed E-state index contributed by atoms with van der Waals surface area (Å²) in [6.45, 7) is 0.791. The summed E-state index contributed by atoms with van der Waals surface area (Å²) in [5, 5.41) is 0. The van der Waals surface area contributed by atoms with E-state index in [1.165, 1.54) is 31.2 Å². The second-order valence-electron chi connectivity index (χ2n) is 7.19. The minimum Gasteiger partial charge on any atom is -0.375 e. The van der Waals surface area contributed by atoms with Crippen molar-refractivity contribution in [2.24, 2.45) is 11.8 Å². The molecule has 1 saturated heterocycles. The van der Waals surface area contributed by atoms with Crippen LogP contribution in [-0.4, -0.2) is 18.0 Å². The number of hydrogen-bond donors (Lipinski definition) is 0. The highest BCUT2D eigenvalue weighted by Crippen LogP contribution is 2.51. The summed E-state index contributed by atoms with van der Waals surface area (Å²) in [4.78, 5) is 12.8. The van der Waals surface area contributed by atoms with Crippen LogP contribution in [0.15, 0.2) is 30.3 Å². The fourth-order valence-corrected chi connectivity index (χ4v) is 4.52. The van der Waals surface area contributed by atoms with Gasteiger partial charge >= 0.3 is 0 Å². The van der Waals surface area contributed by atoms with E-state index < -0.39 is 0 Å². The van der Waals surface area contributed by atoms with Crippen LogP contribution in [0, 0.1) is 11.8 Å². The summed E-state index contributed by atoms with van der Waals surface area (Å²) in [7, 11) is 0. The minimum atomic E-state index is 0.0652. The molecule has 1 heterocycles. The van der Waals surface area contributed by atoms with Crippen molar-refractivity contribution in [1.29, 1.82) is 0 Å². The second kappa shape index (κ2) is 5.24. The third-order valence-corrected chi connectivity index (χ3v) is 5.79. The van der Waals surface area contributed by atoms with Crippen molar-refractivity contribution in [2.45, 2.75) is 56.5 Å². The summed E-state index contributed by atoms with van der Waals surface area (Å²) < 4.78 is 6.07. The molecule has 1 spiro atoms. The van der Waals surface area contributed by atoms with Gasteiger partial charge in [0.25, 0.3) is 0 Å². The fraction of sp³-hybridized carbons (Fsp3) is 0.632. The van der Waals surface area contributed by atoms with Crippen LogP contribution in [-0.2, 0) is 9.53 Å². The molecule has 0 radical (unpaired) electrons. The van der Waals surface area contributed by atoms with Gasteiger partial charge in [0.05, 0.1) is 5.60 Å². The molecule has 1 aromatic carbocycles. The molecule has 1 aromatic rings. The monoisotopic (exact) mass is 284 g/mol. The van der Waals surface area contributed by atoms with Crippen LogP contribution in [0.25, 0.3) is 0 Å². The first-order valence-corrected chi connectivity index (χ1v) is 8.50. The summed E-state index contributed by atoms with van der Waals surface area (Å²) in [5.41, 5.74) is 1.41. The molecule has 4 rings (SSSR count). The van der Waals surface area contributed by atoms with E-state index in [0.717, 1.165) is 25.9 Å². The predicted octanol–water partition coefficient (Wildman–Crippen LogP) is 4.10. The fourth-order valence-electron chi connectivity index (χ4n) is 4.52. The third-order valence-electron chi connectivity index (χ3n) is 5.79. The van der Waals surface area contributed by atoms with Gasteiger partial charge < -0.3 is 4.74 Å². The van der Waals surface area contributed by atoms with E-state index in [0.29, 0.717) is 11.7 Å². The maximum atomic E-state index is 12.8. The summed E-state index contributed by atoms with van der Waals surface area (Å²) in [6, 6.07) is 10.5. The van der Waals surface area contributed by atoms with Gasteiger partial charge in [-0.3, -0.25) is 4.79 Å². The van der Waals surface area contributed by atoms with Crippen molar-refractivity contribution >= 4 is 5.78 Å². The molecule has 21 heavy (non-hydrogen) atoms. The number of carbonyl (C=O) groups excluding carboxylic acids is 1. The first-order chi connectivity index (χ1) is 10.3. The number of ether oxygens (including phenoxy) is 1. The second-order valence-corrected chi connectivity index (χ2v) is 7.19. The molecule has 3 aliphatic rings. The number of rotatable bonds is 3. The Kier molecular flexibility index (Phi) is 3.37. The maximum Gasteiger partial charge on any atom is 0.139 e. The Morgan fingerprint density at radius 2 is 1.90 bits per heavy atom. The lowest BCUT2D eigenvalue weighted by molar-refractivity contribution is -0.137. The van der Waals surface area contributed by atoms with E-state index in [-0.39, 0.29) is 17.4 Å². The smallest absolute Gasteiger partial charge is 0.139 e. The molecule has 0 aromatic heterocycles. The molecule has 0 amide bonds. The highest BCUT2D eigenvalue weighted by atomic mass is 16.5. The van der Waals surface area contributed by atoms with Crippen molar-refractivity contribution in [2.75, 3.05) is 6.61 Å². The zero-order valence-corrected chi connectivity index (χ0v) is 12.6. The van der Waals surface area contributed by atoms with Crippen molar-refractivity contribution in [3.8, 4) is 0 Å². The summed E-state index contributed by atoms with van der Waals surface area (Å²) >= 11 is 0. The Labute approximate surface area is 126 Å². The number of ketones is 1. The van der Waals surface area contributed by atoms with Crippen LogP contribution in [0.2, 0.25) is 0 Å². The van der Waals surface area contributed by atoms with Crippen LogP contribution in [0.5, 0.6) is 0 Å². The molecular weight excluding hydrogens is 260 g/mol. The lowest BCUT2D eigenvalue weighted by atomic mass is 9.81. The molecule has 2 nitrogen and oxygen atoms in total. The van der Waals surface area contributed by atoms with Crippen molar-refractivity contribution in [1.82, 2.24) is 0 Å². The van der Waals surface area contributed by atoms with E-state index in [9.17, 15) is 4.79 Å². The molecule has 2 aliphatic carbocycles. The van der Waals surface area contributed by atoms with Gasteiger partial charge in [-0.05, 0) is 43.6 Å². The Hall–Kier alpha value is -1.15. The Morgan fingerprint density at radius 3 is 2.67 bits per heavy atom. The lowest BCUT2D eigenvalue weighted by Gasteiger charge is -2.37. The minimum absolute atomic E-state index is 0.0652. The molecule has 2 saturated carbocycles. The van der Waals surface area contributed by atoms with Gasteiger partial charge in [-0.15, -0.1) is 0 Å². The molecule has 1 aliphatic heterocycles. The molecule has 2 heteroatoms. The SMILES string of the molecule is O=C(C1CCOC2(CCCC2)C1)C1CC1c1ccccc1. The normalized spacial score (nSPS) is 34.0. The topological polar surface area (TPSA) is 26.3 Å². The highest BCUT2D eigenvalue weighted by Gasteiger charge is 2.49. The average Bonchev–Trinajstić information content (AvgIpc) is 3.22. The number of carbonyl (C=O) groups is 1. The molecule has 0 N–H and O–H groups in total. The van der Waals surface area contributed by atoms with Gasteiger partial charge in [0.1, 0.15) is 5.78 Å². The van der Waals surface area contributed by atoms with Crippen LogP contribution in [0.4, 0.5) is 0 Å². The Morgan fingerprint density at radius 1 is 1.14 bits per heavy atom. The summed E-state index contributed by atoms with van der Waals surface area (Å²) in [6.07, 6.45) is 7.89. The standard InChI is InChI=1S/C19H24O2/c20-18(17-12-16(17)14-6-2-1-3-7-14)15-8-11-21-19(13-15)9-4-5-10-19/h1-3,6-7,15-17H,4-5,8-13H2. The van der Waals surface area contributed by atoms with Gasteiger partial charge in [-0.1, -0.05) is 43.2 Å². The molecule has 3 atom stereocenters. The first-order valence-electron chi connectivity index (χ1n) is 8.50. The van der Waals surface area contributed by atoms with Crippen LogP contribution in [0.1, 0.15) is 56.4 Å². The van der Waals surface area contributed by atoms with Gasteiger partial charge in [0.2, 0.25) is 0 Å². The van der Waals surface area contributed by atoms with E-state index in [1.54, 1.807) is 0 Å². The number of benzene rings is 1. The lowest BCUT2D eigenvalue weighted by Crippen LogP contribution is -2.40. The predicted molar refractivity (Wildman–Crippen MR) is 82.2 cm³/mol. The van der Waals surface area contributed by atoms with Crippen LogP contribution < -0.4 is 0 Å². The molecule has 3 unspecified atom stereocenters. The largest absolute Gasteiger partial charge is 0.375 e. The first kappa shape index (κ1) is 13.5. The highest BCUT2D eigenvalue weighted by molar-refractivity contribution is 5.87. The van der Waals surface area contributed by atoms with Crippen molar-refractivity contribution in [3.63, 3.8) is 0 Å². The zero-order chi connectivity index (χ0) is 14.3. The number of Topliss-reactive ketones (excluding diaryl/α,β-unsaturated/α-hetero) is 1. The van der Waals surface area contributed by atoms with Gasteiger partial charge in [-0.25, -0.2) is 0 Å². The van der Waals surface area contributed by atoms with E-state index in [1.807, 2.05) is 6.07 Å². The van der Waals surface area contributed by atoms with Gasteiger partial charge in [0, 0.05) is 18.4 Å². The van der Waals surface area contributed by atoms with Crippen LogP contribution in [0.3, 0.4) is 0 Å². The van der Waals surface area contributed by atoms with E-state index in [4.69, 9.17) is 4.74 Å². The maximum absolute atomic E-state index is 12.8. The Balaban J connectivity index is 1.42. The number of hydrogen-bond acceptors (Lipinski definition) is 2. The average molecular weight is 284 g/mol. The van der Waals surface area contributed by atoms with Crippen molar-refractivity contribution in [3.05, 3.63) is 35.9 Å². The van der Waals surface area contributed by atoms with E-state index >= 15 is 0 Å². The third kappa shape index (κ3) is 2.55. The van der Waals surface area contributed by atoms with Gasteiger partial charge in [-0.2, -0.15) is 0 Å². The quantitative estimate of drug-likeness (QED) is 0.835. The molecule has 112 valence electrons. The van der Waals surface area contributed by atoms with Crippen molar-refractivity contribution < 1.29 is 9.53 Å². The molecule has 0 bridgehead atoms. The molecular formula is C19H24O2. The summed E-state index contributed by atoms with van der Waals surface area (Å²) in [5.74, 6) is 1.56. The van der Waals surface area contributed by atoms with E-state index in [2.05, 4.69) is 24.3 Å².